The van der Waals surface area contributed by atoms with Gasteiger partial charge in [0.15, 0.2) is 0 Å². The SMILES string of the molecule is CC.CNC(=O)CCc1ccc2c(c1)[nH]c1ccncc12. The fraction of sp³-hybridized carbons (Fsp3) is 0.294. The molecular weight excluding hydrogens is 262 g/mol. The summed E-state index contributed by atoms with van der Waals surface area (Å²) in [7, 11) is 1.66. The molecule has 1 amide bonds. The molecule has 3 aromatic rings. The smallest absolute Gasteiger partial charge is 0.220 e. The Bertz CT molecular complexity index is 746. The molecule has 0 atom stereocenters. The summed E-state index contributed by atoms with van der Waals surface area (Å²) in [5.74, 6) is 0.0703. The van der Waals surface area contributed by atoms with Gasteiger partial charge in [-0.25, -0.2) is 0 Å². The molecule has 110 valence electrons. The Labute approximate surface area is 124 Å². The Morgan fingerprint density at radius 2 is 2.00 bits per heavy atom. The Kier molecular flexibility index (Phi) is 4.93. The maximum Gasteiger partial charge on any atom is 0.220 e. The number of nitrogens with zero attached hydrogens (tertiary/aromatic N) is 1. The van der Waals surface area contributed by atoms with Gasteiger partial charge < -0.3 is 10.3 Å². The van der Waals surface area contributed by atoms with E-state index in [9.17, 15) is 4.79 Å². The number of H-pyrrole nitrogens is 1. The quantitative estimate of drug-likeness (QED) is 0.773. The summed E-state index contributed by atoms with van der Waals surface area (Å²) in [5.41, 5.74) is 3.35. The average molecular weight is 283 g/mol. The van der Waals surface area contributed by atoms with Crippen LogP contribution < -0.4 is 5.32 Å². The van der Waals surface area contributed by atoms with E-state index in [1.54, 1.807) is 13.2 Å². The van der Waals surface area contributed by atoms with Gasteiger partial charge in [-0.2, -0.15) is 0 Å². The largest absolute Gasteiger partial charge is 0.359 e. The maximum atomic E-state index is 11.3. The third kappa shape index (κ3) is 3.21. The van der Waals surface area contributed by atoms with Gasteiger partial charge in [-0.1, -0.05) is 26.0 Å². The van der Waals surface area contributed by atoms with Crippen molar-refractivity contribution in [3.8, 4) is 0 Å². The van der Waals surface area contributed by atoms with Gasteiger partial charge in [0, 0.05) is 47.7 Å². The van der Waals surface area contributed by atoms with Crippen LogP contribution in [0.2, 0.25) is 0 Å². The molecule has 0 aliphatic rings. The first-order valence-corrected chi connectivity index (χ1v) is 7.33. The van der Waals surface area contributed by atoms with E-state index in [-0.39, 0.29) is 5.91 Å². The van der Waals surface area contributed by atoms with Crippen molar-refractivity contribution in [2.45, 2.75) is 26.7 Å². The Hall–Kier alpha value is -2.36. The molecule has 2 heterocycles. The van der Waals surface area contributed by atoms with E-state index in [2.05, 4.69) is 33.5 Å². The summed E-state index contributed by atoms with van der Waals surface area (Å²) >= 11 is 0. The number of pyridine rings is 1. The monoisotopic (exact) mass is 283 g/mol. The fourth-order valence-corrected chi connectivity index (χ4v) is 2.33. The molecule has 3 rings (SSSR count). The molecule has 1 aromatic carbocycles. The van der Waals surface area contributed by atoms with Crippen LogP contribution in [0, 0.1) is 0 Å². The Balaban J connectivity index is 0.000000774. The summed E-state index contributed by atoms with van der Waals surface area (Å²) in [4.78, 5) is 18.8. The van der Waals surface area contributed by atoms with Crippen molar-refractivity contribution in [2.75, 3.05) is 7.05 Å². The molecule has 0 unspecified atom stereocenters. The van der Waals surface area contributed by atoms with Crippen LogP contribution in [0.25, 0.3) is 21.8 Å². The molecule has 0 aliphatic carbocycles. The molecule has 0 fully saturated rings. The maximum absolute atomic E-state index is 11.3. The first-order valence-electron chi connectivity index (χ1n) is 7.33. The summed E-state index contributed by atoms with van der Waals surface area (Å²) in [6.45, 7) is 4.00. The van der Waals surface area contributed by atoms with E-state index in [4.69, 9.17) is 0 Å². The second kappa shape index (κ2) is 6.88. The number of aromatic nitrogens is 2. The minimum absolute atomic E-state index is 0.0703. The normalized spacial score (nSPS) is 10.2. The van der Waals surface area contributed by atoms with E-state index in [1.807, 2.05) is 26.1 Å². The highest BCUT2D eigenvalue weighted by atomic mass is 16.1. The predicted molar refractivity (Wildman–Crippen MR) is 87.3 cm³/mol. The predicted octanol–water partition coefficient (Wildman–Crippen LogP) is 3.42. The van der Waals surface area contributed by atoms with Gasteiger partial charge in [-0.05, 0) is 24.1 Å². The van der Waals surface area contributed by atoms with Gasteiger partial charge >= 0.3 is 0 Å². The highest BCUT2D eigenvalue weighted by molar-refractivity contribution is 6.06. The number of nitrogens with one attached hydrogen (secondary N) is 2. The molecule has 4 heteroatoms. The van der Waals surface area contributed by atoms with Crippen LogP contribution in [0.5, 0.6) is 0 Å². The van der Waals surface area contributed by atoms with Crippen molar-refractivity contribution in [1.82, 2.24) is 15.3 Å². The molecule has 0 radical (unpaired) electrons. The first kappa shape index (κ1) is 15.0. The van der Waals surface area contributed by atoms with Crippen molar-refractivity contribution >= 4 is 27.7 Å². The number of benzene rings is 1. The van der Waals surface area contributed by atoms with Gasteiger partial charge in [-0.15, -0.1) is 0 Å². The second-order valence-corrected chi connectivity index (χ2v) is 4.60. The molecule has 0 saturated carbocycles. The van der Waals surface area contributed by atoms with Crippen LogP contribution in [-0.4, -0.2) is 22.9 Å². The number of aromatic amines is 1. The number of hydrogen-bond acceptors (Lipinski definition) is 2. The molecule has 0 aliphatic heterocycles. The minimum Gasteiger partial charge on any atom is -0.359 e. The number of carbonyl (C=O) groups excluding carboxylic acids is 1. The Morgan fingerprint density at radius 1 is 1.19 bits per heavy atom. The molecule has 2 N–H and O–H groups in total. The van der Waals surface area contributed by atoms with Crippen LogP contribution in [0.3, 0.4) is 0 Å². The molecule has 0 spiro atoms. The van der Waals surface area contributed by atoms with E-state index < -0.39 is 0 Å². The lowest BCUT2D eigenvalue weighted by atomic mass is 10.1. The number of aryl methyl sites for hydroxylation is 1. The highest BCUT2D eigenvalue weighted by Gasteiger charge is 2.05. The average Bonchev–Trinajstić information content (AvgIpc) is 2.92. The zero-order chi connectivity index (χ0) is 15.2. The molecular formula is C17H21N3O. The Morgan fingerprint density at radius 3 is 2.76 bits per heavy atom. The summed E-state index contributed by atoms with van der Waals surface area (Å²) in [6, 6.07) is 8.25. The molecule has 21 heavy (non-hydrogen) atoms. The van der Waals surface area contributed by atoms with Crippen molar-refractivity contribution in [3.63, 3.8) is 0 Å². The lowest BCUT2D eigenvalue weighted by molar-refractivity contribution is -0.120. The standard InChI is InChI=1S/C15H15N3O.C2H6/c1-16-15(19)5-3-10-2-4-11-12-9-17-7-6-13(12)18-14(11)8-10;1-2/h2,4,6-9,18H,3,5H2,1H3,(H,16,19);1-2H3. The first-order chi connectivity index (χ1) is 10.3. The van der Waals surface area contributed by atoms with Crippen molar-refractivity contribution < 1.29 is 4.79 Å². The van der Waals surface area contributed by atoms with Crippen LogP contribution in [0.15, 0.2) is 36.7 Å². The molecule has 0 bridgehead atoms. The van der Waals surface area contributed by atoms with Crippen LogP contribution >= 0.6 is 0 Å². The number of amides is 1. The van der Waals surface area contributed by atoms with Crippen molar-refractivity contribution in [3.05, 3.63) is 42.2 Å². The second-order valence-electron chi connectivity index (χ2n) is 4.60. The summed E-state index contributed by atoms with van der Waals surface area (Å²) in [5, 5.41) is 4.95. The summed E-state index contributed by atoms with van der Waals surface area (Å²) < 4.78 is 0. The number of rotatable bonds is 3. The van der Waals surface area contributed by atoms with E-state index in [0.717, 1.165) is 28.4 Å². The van der Waals surface area contributed by atoms with E-state index in [1.165, 1.54) is 5.39 Å². The molecule has 0 saturated heterocycles. The van der Waals surface area contributed by atoms with Gasteiger partial charge in [-0.3, -0.25) is 9.78 Å². The van der Waals surface area contributed by atoms with Gasteiger partial charge in [0.05, 0.1) is 0 Å². The number of carbonyl (C=O) groups is 1. The topological polar surface area (TPSA) is 57.8 Å². The van der Waals surface area contributed by atoms with E-state index >= 15 is 0 Å². The zero-order valence-electron chi connectivity index (χ0n) is 12.7. The van der Waals surface area contributed by atoms with Crippen molar-refractivity contribution in [2.24, 2.45) is 0 Å². The van der Waals surface area contributed by atoms with E-state index in [0.29, 0.717) is 6.42 Å². The van der Waals surface area contributed by atoms with Gasteiger partial charge in [0.25, 0.3) is 0 Å². The third-order valence-electron chi connectivity index (χ3n) is 3.38. The molecule has 2 aromatic heterocycles. The zero-order valence-corrected chi connectivity index (χ0v) is 12.7. The van der Waals surface area contributed by atoms with Crippen molar-refractivity contribution in [1.29, 1.82) is 0 Å². The third-order valence-corrected chi connectivity index (χ3v) is 3.38. The van der Waals surface area contributed by atoms with Gasteiger partial charge in [0.2, 0.25) is 5.91 Å². The summed E-state index contributed by atoms with van der Waals surface area (Å²) in [6.07, 6.45) is 4.93. The number of fused-ring (bicyclic) bond motifs is 3. The lowest BCUT2D eigenvalue weighted by Gasteiger charge is -2.01. The lowest BCUT2D eigenvalue weighted by Crippen LogP contribution is -2.17. The van der Waals surface area contributed by atoms with Crippen LogP contribution in [0.4, 0.5) is 0 Å². The van der Waals surface area contributed by atoms with Crippen LogP contribution in [0.1, 0.15) is 25.8 Å². The number of hydrogen-bond donors (Lipinski definition) is 2. The molecule has 4 nitrogen and oxygen atoms in total. The minimum atomic E-state index is 0.0703. The highest BCUT2D eigenvalue weighted by Crippen LogP contribution is 2.25. The van der Waals surface area contributed by atoms with Gasteiger partial charge in [0.1, 0.15) is 0 Å². The van der Waals surface area contributed by atoms with Crippen LogP contribution in [-0.2, 0) is 11.2 Å². The fourth-order valence-electron chi connectivity index (χ4n) is 2.33.